The number of ketones is 2. The molecule has 0 aromatic carbocycles. The van der Waals surface area contributed by atoms with Crippen LogP contribution in [-0.4, -0.2) is 47.1 Å². The summed E-state index contributed by atoms with van der Waals surface area (Å²) in [6.45, 7) is 0.631. The maximum absolute atomic E-state index is 12.2. The lowest BCUT2D eigenvalue weighted by Gasteiger charge is -2.05. The third-order valence-corrected chi connectivity index (χ3v) is 4.59. The van der Waals surface area contributed by atoms with E-state index in [0.717, 1.165) is 25.0 Å². The molecule has 0 spiro atoms. The number of rotatable bonds is 7. The Morgan fingerprint density at radius 2 is 2.17 bits per heavy atom. The molecule has 1 aromatic heterocycles. The number of thioether (sulfide) groups is 1. The molecule has 0 saturated heterocycles. The van der Waals surface area contributed by atoms with E-state index in [1.807, 2.05) is 0 Å². The van der Waals surface area contributed by atoms with E-state index in [9.17, 15) is 14.4 Å². The lowest BCUT2D eigenvalue weighted by molar-refractivity contribution is -0.114. The van der Waals surface area contributed by atoms with Crippen LogP contribution in [0.1, 0.15) is 35.3 Å². The van der Waals surface area contributed by atoms with Crippen LogP contribution in [-0.2, 0) is 11.2 Å². The van der Waals surface area contributed by atoms with Crippen molar-refractivity contribution in [3.8, 4) is 0 Å². The molecule has 2 amide bonds. The summed E-state index contributed by atoms with van der Waals surface area (Å²) < 4.78 is 0. The van der Waals surface area contributed by atoms with Crippen molar-refractivity contribution in [3.05, 3.63) is 28.4 Å². The molecule has 0 unspecified atom stereocenters. The fourth-order valence-corrected chi connectivity index (χ4v) is 3.18. The van der Waals surface area contributed by atoms with E-state index in [2.05, 4.69) is 20.8 Å². The van der Waals surface area contributed by atoms with Gasteiger partial charge in [-0.1, -0.05) is 6.42 Å². The summed E-state index contributed by atoms with van der Waals surface area (Å²) in [6, 6.07) is -0.176. The highest BCUT2D eigenvalue weighted by atomic mass is 32.2. The van der Waals surface area contributed by atoms with Crippen molar-refractivity contribution < 1.29 is 14.4 Å². The average Bonchev–Trinajstić information content (AvgIpc) is 2.96. The molecule has 1 aliphatic carbocycles. The summed E-state index contributed by atoms with van der Waals surface area (Å²) in [7, 11) is 1.58. The third-order valence-electron chi connectivity index (χ3n) is 3.44. The van der Waals surface area contributed by atoms with Crippen LogP contribution in [0, 0.1) is 0 Å². The highest BCUT2D eigenvalue weighted by Crippen LogP contribution is 2.25. The first-order valence-electron chi connectivity index (χ1n) is 7.51. The largest absolute Gasteiger partial charge is 0.341 e. The van der Waals surface area contributed by atoms with E-state index in [-0.39, 0.29) is 24.0 Å². The van der Waals surface area contributed by atoms with Gasteiger partial charge in [0.2, 0.25) is 5.78 Å². The number of urea groups is 1. The molecule has 2 rings (SSSR count). The van der Waals surface area contributed by atoms with Gasteiger partial charge in [-0.05, 0) is 18.6 Å². The molecule has 1 heterocycles. The van der Waals surface area contributed by atoms with Crippen LogP contribution in [0.4, 0.5) is 4.79 Å². The molecule has 7 nitrogen and oxygen atoms in total. The van der Waals surface area contributed by atoms with Gasteiger partial charge >= 0.3 is 6.03 Å². The maximum Gasteiger partial charge on any atom is 0.314 e. The number of hydrogen-bond donors (Lipinski definition) is 3. The Bertz CT molecular complexity index is 624. The minimum atomic E-state index is -0.194. The number of nitrogens with one attached hydrogen (secondary N) is 3. The second-order valence-corrected chi connectivity index (χ2v) is 6.29. The van der Waals surface area contributed by atoms with Crippen LogP contribution in [0.2, 0.25) is 0 Å². The van der Waals surface area contributed by atoms with Gasteiger partial charge in [0.1, 0.15) is 5.69 Å². The first-order valence-corrected chi connectivity index (χ1v) is 8.50. The average molecular weight is 336 g/mol. The number of carbonyl (C=O) groups is 3. The summed E-state index contributed by atoms with van der Waals surface area (Å²) in [4.78, 5) is 35.7. The van der Waals surface area contributed by atoms with Crippen molar-refractivity contribution in [1.29, 1.82) is 0 Å². The lowest BCUT2D eigenvalue weighted by Crippen LogP contribution is -2.33. The molecule has 1 aromatic rings. The van der Waals surface area contributed by atoms with Crippen LogP contribution in [0.25, 0.3) is 0 Å². The maximum atomic E-state index is 12.2. The number of H-pyrrole nitrogens is 1. The SMILES string of the molecule is CNC(=O)NCCCCCSC1=CC(=O)c2[nH]ncc2CC1=O. The minimum absolute atomic E-state index is 0.0372. The van der Waals surface area contributed by atoms with Gasteiger partial charge in [-0.2, -0.15) is 5.10 Å². The quantitative estimate of drug-likeness (QED) is 0.654. The van der Waals surface area contributed by atoms with Gasteiger partial charge in [-0.25, -0.2) is 4.79 Å². The number of fused-ring (bicyclic) bond motifs is 1. The van der Waals surface area contributed by atoms with Gasteiger partial charge < -0.3 is 10.6 Å². The van der Waals surface area contributed by atoms with Crippen LogP contribution in [0.15, 0.2) is 17.2 Å². The third kappa shape index (κ3) is 4.95. The number of allylic oxidation sites excluding steroid dienone is 2. The number of carbonyl (C=O) groups excluding carboxylic acids is 3. The van der Waals surface area contributed by atoms with Crippen LogP contribution < -0.4 is 10.6 Å². The zero-order valence-electron chi connectivity index (χ0n) is 13.0. The fraction of sp³-hybridized carbons (Fsp3) is 0.467. The van der Waals surface area contributed by atoms with Crippen molar-refractivity contribution in [2.24, 2.45) is 0 Å². The number of aromatic nitrogens is 2. The van der Waals surface area contributed by atoms with Crippen molar-refractivity contribution in [2.75, 3.05) is 19.3 Å². The molecule has 23 heavy (non-hydrogen) atoms. The summed E-state index contributed by atoms with van der Waals surface area (Å²) >= 11 is 1.42. The highest BCUT2D eigenvalue weighted by Gasteiger charge is 2.23. The Kier molecular flexibility index (Phi) is 6.40. The molecule has 0 aliphatic heterocycles. The topological polar surface area (TPSA) is 104 Å². The van der Waals surface area contributed by atoms with E-state index in [4.69, 9.17) is 0 Å². The fourth-order valence-electron chi connectivity index (χ4n) is 2.19. The molecule has 0 saturated carbocycles. The Balaban J connectivity index is 1.71. The second-order valence-electron chi connectivity index (χ2n) is 5.16. The number of unbranched alkanes of at least 4 members (excludes halogenated alkanes) is 2. The lowest BCUT2D eigenvalue weighted by atomic mass is 10.1. The van der Waals surface area contributed by atoms with Crippen molar-refractivity contribution in [2.45, 2.75) is 25.7 Å². The smallest absolute Gasteiger partial charge is 0.314 e. The minimum Gasteiger partial charge on any atom is -0.341 e. The van der Waals surface area contributed by atoms with E-state index >= 15 is 0 Å². The van der Waals surface area contributed by atoms with Crippen molar-refractivity contribution in [1.82, 2.24) is 20.8 Å². The molecule has 8 heteroatoms. The zero-order chi connectivity index (χ0) is 16.7. The van der Waals surface area contributed by atoms with Gasteiger partial charge in [-0.15, -0.1) is 11.8 Å². The van der Waals surface area contributed by atoms with Crippen LogP contribution in [0.5, 0.6) is 0 Å². The van der Waals surface area contributed by atoms with E-state index in [1.165, 1.54) is 24.0 Å². The molecule has 0 bridgehead atoms. The molecule has 124 valence electrons. The summed E-state index contributed by atoms with van der Waals surface area (Å²) in [5.41, 5.74) is 1.07. The first kappa shape index (κ1) is 17.3. The molecule has 0 atom stereocenters. The summed E-state index contributed by atoms with van der Waals surface area (Å²) in [5.74, 6) is 0.544. The number of aromatic amines is 1. The predicted molar refractivity (Wildman–Crippen MR) is 88.5 cm³/mol. The van der Waals surface area contributed by atoms with Crippen molar-refractivity contribution >= 4 is 29.4 Å². The van der Waals surface area contributed by atoms with Gasteiger partial charge in [0.15, 0.2) is 5.78 Å². The van der Waals surface area contributed by atoms with E-state index < -0.39 is 0 Å². The summed E-state index contributed by atoms with van der Waals surface area (Å²) in [6.07, 6.45) is 5.92. The van der Waals surface area contributed by atoms with Gasteiger partial charge in [0.25, 0.3) is 0 Å². The molecular formula is C15H20N4O3S. The van der Waals surface area contributed by atoms with Crippen LogP contribution in [0.3, 0.4) is 0 Å². The summed E-state index contributed by atoms with van der Waals surface area (Å²) in [5, 5.41) is 11.7. The molecule has 0 fully saturated rings. The molecule has 1 aliphatic rings. The number of Topliss-reactive ketones (excluding diaryl/α,β-unsaturated/α-hetero) is 1. The van der Waals surface area contributed by atoms with Gasteiger partial charge in [-0.3, -0.25) is 14.7 Å². The van der Waals surface area contributed by atoms with E-state index in [1.54, 1.807) is 7.05 Å². The first-order chi connectivity index (χ1) is 11.1. The standard InChI is InChI=1S/C15H20N4O3S/c1-16-15(22)17-5-3-2-4-6-23-13-8-12(21)14-10(7-11(13)20)9-18-19-14/h8-9H,2-7H2,1H3,(H,18,19)(H2,16,17,22). The number of hydrogen-bond acceptors (Lipinski definition) is 5. The Morgan fingerprint density at radius 3 is 2.96 bits per heavy atom. The number of nitrogens with zero attached hydrogens (tertiary/aromatic N) is 1. The van der Waals surface area contributed by atoms with Crippen molar-refractivity contribution in [3.63, 3.8) is 0 Å². The van der Waals surface area contributed by atoms with Gasteiger partial charge in [0.05, 0.1) is 11.1 Å². The second kappa shape index (κ2) is 8.52. The molecule has 0 radical (unpaired) electrons. The predicted octanol–water partition coefficient (Wildman–Crippen LogP) is 1.43. The molecular weight excluding hydrogens is 316 g/mol. The Hall–Kier alpha value is -2.09. The Labute approximate surface area is 138 Å². The molecule has 3 N–H and O–H groups in total. The normalized spacial score (nSPS) is 14.0. The van der Waals surface area contributed by atoms with Gasteiger partial charge in [0, 0.05) is 31.7 Å². The van der Waals surface area contributed by atoms with Crippen LogP contribution >= 0.6 is 11.8 Å². The van der Waals surface area contributed by atoms with E-state index in [0.29, 0.717) is 22.7 Å². The zero-order valence-corrected chi connectivity index (χ0v) is 13.8. The Morgan fingerprint density at radius 1 is 1.35 bits per heavy atom. The highest BCUT2D eigenvalue weighted by molar-refractivity contribution is 8.04. The number of amides is 2. The monoisotopic (exact) mass is 336 g/mol.